The van der Waals surface area contributed by atoms with Crippen LogP contribution in [0.15, 0.2) is 188 Å². The van der Waals surface area contributed by atoms with E-state index >= 15 is 0 Å². The third-order valence-electron chi connectivity index (χ3n) is 12.7. The Morgan fingerprint density at radius 3 is 1.80 bits per heavy atom. The summed E-state index contributed by atoms with van der Waals surface area (Å²) < 4.78 is 7.33. The Bertz CT molecular complexity index is 4060. The minimum atomic E-state index is 0.642. The fourth-order valence-electron chi connectivity index (χ4n) is 10.4. The van der Waals surface area contributed by atoms with Crippen molar-refractivity contribution < 1.29 is 0 Å². The molecule has 0 atom stereocenters. The van der Waals surface area contributed by atoms with E-state index in [1.54, 1.807) is 0 Å². The molecule has 14 rings (SSSR count). The molecule has 5 heterocycles. The molecule has 59 heavy (non-hydrogen) atoms. The zero-order chi connectivity index (χ0) is 38.3. The third kappa shape index (κ3) is 3.98. The Hall–Kier alpha value is -8.02. The molecule has 0 unspecified atom stereocenters. The number of hydrogen-bond donors (Lipinski definition) is 0. The summed E-state index contributed by atoms with van der Waals surface area (Å²) in [5, 5.41) is 13.1. The van der Waals surface area contributed by atoms with Crippen LogP contribution in [0.4, 0.5) is 0 Å². The molecular formula is C54H31N5. The molecule has 0 N–H and O–H groups in total. The van der Waals surface area contributed by atoms with Crippen LogP contribution in [0.5, 0.6) is 0 Å². The number of benzene rings is 9. The minimum Gasteiger partial charge on any atom is -0.308 e. The quantitative estimate of drug-likeness (QED) is 0.169. The van der Waals surface area contributed by atoms with Gasteiger partial charge in [0.05, 0.1) is 49.8 Å². The second-order valence-electron chi connectivity index (χ2n) is 15.7. The molecule has 5 nitrogen and oxygen atoms in total. The lowest BCUT2D eigenvalue weighted by molar-refractivity contribution is 1.01. The number of fused-ring (bicyclic) bond motifs is 12. The molecule has 0 saturated carbocycles. The molecular weight excluding hydrogens is 719 g/mol. The molecule has 0 fully saturated rings. The van der Waals surface area contributed by atoms with Crippen molar-refractivity contribution in [2.75, 3.05) is 0 Å². The van der Waals surface area contributed by atoms with Gasteiger partial charge in [0.2, 0.25) is 5.95 Å². The lowest BCUT2D eigenvalue weighted by Crippen LogP contribution is -2.05. The highest BCUT2D eigenvalue weighted by Crippen LogP contribution is 2.49. The average Bonchev–Trinajstić information content (AvgIpc) is 3.92. The predicted octanol–water partition coefficient (Wildman–Crippen LogP) is 13.8. The summed E-state index contributed by atoms with van der Waals surface area (Å²) in [5.74, 6) is 0.642. The van der Waals surface area contributed by atoms with E-state index in [0.29, 0.717) is 5.95 Å². The summed E-state index contributed by atoms with van der Waals surface area (Å²) in [5.41, 5.74) is 12.0. The number of hydrogen-bond acceptors (Lipinski definition) is 2. The lowest BCUT2D eigenvalue weighted by atomic mass is 10.0. The van der Waals surface area contributed by atoms with Gasteiger partial charge in [-0.25, -0.2) is 9.97 Å². The fraction of sp³-hybridized carbons (Fsp3) is 0. The maximum absolute atomic E-state index is 5.69. The Labute approximate surface area is 336 Å². The van der Waals surface area contributed by atoms with Gasteiger partial charge in [0.1, 0.15) is 0 Å². The number of rotatable bonds is 3. The van der Waals surface area contributed by atoms with E-state index in [1.807, 2.05) is 0 Å². The number of nitrogens with zero attached hydrogens (tertiary/aromatic N) is 5. The molecule has 0 bridgehead atoms. The van der Waals surface area contributed by atoms with Crippen molar-refractivity contribution in [3.05, 3.63) is 188 Å². The van der Waals surface area contributed by atoms with Gasteiger partial charge in [-0.05, 0) is 64.7 Å². The van der Waals surface area contributed by atoms with Crippen LogP contribution in [0.2, 0.25) is 0 Å². The normalized spacial score (nSPS) is 12.4. The molecule has 0 aliphatic rings. The van der Waals surface area contributed by atoms with Crippen LogP contribution < -0.4 is 0 Å². The topological polar surface area (TPSA) is 40.0 Å². The van der Waals surface area contributed by atoms with Crippen molar-refractivity contribution >= 4 is 103 Å². The highest BCUT2D eigenvalue weighted by molar-refractivity contribution is 6.37. The molecule has 14 aromatic rings. The minimum absolute atomic E-state index is 0.642. The van der Waals surface area contributed by atoms with Gasteiger partial charge in [0, 0.05) is 54.3 Å². The monoisotopic (exact) mass is 749 g/mol. The van der Waals surface area contributed by atoms with E-state index in [-0.39, 0.29) is 0 Å². The predicted molar refractivity (Wildman–Crippen MR) is 246 cm³/mol. The van der Waals surface area contributed by atoms with Crippen molar-refractivity contribution in [3.63, 3.8) is 0 Å². The van der Waals surface area contributed by atoms with E-state index < -0.39 is 0 Å². The smallest absolute Gasteiger partial charge is 0.235 e. The first-order chi connectivity index (χ1) is 29.3. The van der Waals surface area contributed by atoms with Crippen LogP contribution in [0.25, 0.3) is 126 Å². The molecule has 0 saturated heterocycles. The van der Waals surface area contributed by atoms with Gasteiger partial charge in [-0.3, -0.25) is 4.57 Å². The summed E-state index contributed by atoms with van der Waals surface area (Å²) in [6.07, 6.45) is 0. The van der Waals surface area contributed by atoms with Gasteiger partial charge < -0.3 is 8.97 Å². The first-order valence-electron chi connectivity index (χ1n) is 20.2. The van der Waals surface area contributed by atoms with Crippen molar-refractivity contribution in [1.29, 1.82) is 0 Å². The maximum Gasteiger partial charge on any atom is 0.235 e. The van der Waals surface area contributed by atoms with Crippen LogP contribution in [0.1, 0.15) is 0 Å². The highest BCUT2D eigenvalue weighted by Gasteiger charge is 2.28. The molecule has 0 spiro atoms. The maximum atomic E-state index is 5.69. The van der Waals surface area contributed by atoms with Crippen LogP contribution in [-0.2, 0) is 0 Å². The van der Waals surface area contributed by atoms with Gasteiger partial charge in [-0.1, -0.05) is 140 Å². The Kier molecular flexibility index (Phi) is 5.96. The van der Waals surface area contributed by atoms with Gasteiger partial charge in [0.15, 0.2) is 0 Å². The first kappa shape index (κ1) is 31.1. The largest absolute Gasteiger partial charge is 0.308 e. The molecule has 0 aliphatic carbocycles. The lowest BCUT2D eigenvalue weighted by Gasteiger charge is -2.15. The Morgan fingerprint density at radius 1 is 0.339 bits per heavy atom. The van der Waals surface area contributed by atoms with E-state index in [1.165, 1.54) is 59.5 Å². The van der Waals surface area contributed by atoms with E-state index in [4.69, 9.17) is 9.97 Å². The molecule has 5 aromatic heterocycles. The summed E-state index contributed by atoms with van der Waals surface area (Å²) in [6, 6.07) is 68.0. The summed E-state index contributed by atoms with van der Waals surface area (Å²) in [4.78, 5) is 11.3. The van der Waals surface area contributed by atoms with E-state index in [2.05, 4.69) is 202 Å². The van der Waals surface area contributed by atoms with Crippen molar-refractivity contribution in [1.82, 2.24) is 23.5 Å². The molecule has 9 aromatic carbocycles. The first-order valence-corrected chi connectivity index (χ1v) is 20.2. The van der Waals surface area contributed by atoms with Crippen LogP contribution in [0.3, 0.4) is 0 Å². The number of para-hydroxylation sites is 4. The van der Waals surface area contributed by atoms with Crippen molar-refractivity contribution in [2.45, 2.75) is 0 Å². The molecule has 272 valence electrons. The third-order valence-corrected chi connectivity index (χ3v) is 12.7. The van der Waals surface area contributed by atoms with Crippen LogP contribution in [0, 0.1) is 0 Å². The van der Waals surface area contributed by atoms with Gasteiger partial charge in [0.25, 0.3) is 0 Å². The molecule has 0 amide bonds. The van der Waals surface area contributed by atoms with Crippen molar-refractivity contribution in [2.24, 2.45) is 0 Å². The highest BCUT2D eigenvalue weighted by atomic mass is 15.2. The molecule has 0 radical (unpaired) electrons. The number of aromatic nitrogens is 5. The summed E-state index contributed by atoms with van der Waals surface area (Å²) >= 11 is 0. The van der Waals surface area contributed by atoms with E-state index in [0.717, 1.165) is 60.8 Å². The Morgan fingerprint density at radius 2 is 0.966 bits per heavy atom. The second-order valence-corrected chi connectivity index (χ2v) is 15.7. The Balaban J connectivity index is 1.29. The molecule has 5 heteroatoms. The standard InChI is InChI=1S/C54H31N5/c1-3-16-33(17-4-1)50-47-35-20-8-7-15-32(35)29-30-42(47)55-54(56-50)59-46-28-14-27-45-49(46)48-40(39-24-13-23-38-36-21-9-12-26-44(36)58(45)51(38)39)31-41-37-22-10-11-25-43(37)57(52(41)53(48)59)34-18-5-2-6-19-34/h1-31H. The van der Waals surface area contributed by atoms with Gasteiger partial charge in [-0.15, -0.1) is 0 Å². The summed E-state index contributed by atoms with van der Waals surface area (Å²) in [7, 11) is 0. The van der Waals surface area contributed by atoms with Gasteiger partial charge >= 0.3 is 0 Å². The molecule has 0 aliphatic heterocycles. The van der Waals surface area contributed by atoms with Gasteiger partial charge in [-0.2, -0.15) is 0 Å². The zero-order valence-corrected chi connectivity index (χ0v) is 31.6. The van der Waals surface area contributed by atoms with Crippen molar-refractivity contribution in [3.8, 4) is 22.9 Å². The SMILES string of the molecule is c1ccc(-c2nc(-n3c4cccc5c4c4c(cc6c7ccccc7n(-c7ccccc7)c6c43)c3cccc4c6ccccc6n5c34)nc3ccc4ccccc4c23)cc1. The van der Waals surface area contributed by atoms with Crippen LogP contribution >= 0.6 is 0 Å². The zero-order valence-electron chi connectivity index (χ0n) is 31.6. The average molecular weight is 750 g/mol. The second kappa shape index (κ2) is 11.3. The van der Waals surface area contributed by atoms with E-state index in [9.17, 15) is 0 Å². The van der Waals surface area contributed by atoms with Crippen LogP contribution in [-0.4, -0.2) is 23.5 Å². The fourth-order valence-corrected chi connectivity index (χ4v) is 10.4. The summed E-state index contributed by atoms with van der Waals surface area (Å²) in [6.45, 7) is 0.